The average Bonchev–Trinajstić information content (AvgIpc) is 2.10. The van der Waals surface area contributed by atoms with Crippen molar-refractivity contribution < 1.29 is 8.78 Å². The summed E-state index contributed by atoms with van der Waals surface area (Å²) < 4.78 is 26.1. The molecular weight excluding hydrogens is 274 g/mol. The molecule has 1 rings (SSSR count). The Morgan fingerprint density at radius 1 is 1.50 bits per heavy atom. The maximum Gasteiger partial charge on any atom is 0.159 e. The Kier molecular flexibility index (Phi) is 3.88. The van der Waals surface area contributed by atoms with E-state index in [4.69, 9.17) is 5.73 Å². The van der Waals surface area contributed by atoms with Crippen LogP contribution in [-0.2, 0) is 0 Å². The summed E-state index contributed by atoms with van der Waals surface area (Å²) in [6.07, 6.45) is 1.72. The number of hydrogen-bond acceptors (Lipinski definition) is 2. The lowest BCUT2D eigenvalue weighted by atomic mass is 10.3. The number of rotatable bonds is 1. The number of halogens is 3. The van der Waals surface area contributed by atoms with Gasteiger partial charge in [-0.25, -0.2) is 13.8 Å². The van der Waals surface area contributed by atoms with E-state index in [1.165, 1.54) is 11.8 Å². The third-order valence-electron chi connectivity index (χ3n) is 1.41. The van der Waals surface area contributed by atoms with Gasteiger partial charge < -0.3 is 5.73 Å². The molecule has 0 heterocycles. The van der Waals surface area contributed by atoms with Gasteiger partial charge in [0.15, 0.2) is 11.0 Å². The summed E-state index contributed by atoms with van der Waals surface area (Å²) in [6, 6.07) is 1.90. The van der Waals surface area contributed by atoms with Gasteiger partial charge in [-0.15, -0.1) is 0 Å². The first-order valence-electron chi connectivity index (χ1n) is 3.57. The fraction of sp³-hybridized carbons (Fsp3) is 0.125. The van der Waals surface area contributed by atoms with E-state index in [0.29, 0.717) is 0 Å². The molecule has 0 radical (unpaired) electrons. The molecule has 0 bridgehead atoms. The third-order valence-corrected chi connectivity index (χ3v) is 2.53. The minimum Gasteiger partial charge on any atom is -0.378 e. The Hall–Kier alpha value is -0.620. The lowest BCUT2D eigenvalue weighted by molar-refractivity contribution is 0.583. The van der Waals surface area contributed by atoms with Crippen LogP contribution in [0.2, 0.25) is 0 Å². The van der Waals surface area contributed by atoms with E-state index in [9.17, 15) is 8.78 Å². The van der Waals surface area contributed by atoms with E-state index < -0.39 is 11.6 Å². The number of nitrogens with two attached hydrogens (primary N) is 1. The van der Waals surface area contributed by atoms with E-state index in [2.05, 4.69) is 20.9 Å². The van der Waals surface area contributed by atoms with Crippen LogP contribution in [0, 0.1) is 11.6 Å². The topological polar surface area (TPSA) is 38.4 Å². The van der Waals surface area contributed by atoms with Crippen LogP contribution in [0.4, 0.5) is 14.5 Å². The third kappa shape index (κ3) is 2.68. The normalized spacial score (nSPS) is 11.9. The molecule has 2 nitrogen and oxygen atoms in total. The molecule has 0 fully saturated rings. The zero-order valence-corrected chi connectivity index (χ0v) is 9.62. The first-order chi connectivity index (χ1) is 6.54. The molecule has 0 atom stereocenters. The number of aliphatic imine (C=N–C) groups is 1. The monoisotopic (exact) mass is 280 g/mol. The lowest BCUT2D eigenvalue weighted by Gasteiger charge is -2.01. The van der Waals surface area contributed by atoms with Gasteiger partial charge >= 0.3 is 0 Å². The second kappa shape index (κ2) is 4.75. The van der Waals surface area contributed by atoms with E-state index in [-0.39, 0.29) is 15.3 Å². The Morgan fingerprint density at radius 3 is 2.64 bits per heavy atom. The van der Waals surface area contributed by atoms with Crippen molar-refractivity contribution in [2.45, 2.75) is 0 Å². The molecule has 1 aromatic rings. The number of nitrogens with zero attached hydrogens (tertiary/aromatic N) is 1. The highest BCUT2D eigenvalue weighted by Gasteiger charge is 2.08. The Bertz CT molecular complexity index is 359. The highest BCUT2D eigenvalue weighted by atomic mass is 79.9. The smallest absolute Gasteiger partial charge is 0.159 e. The van der Waals surface area contributed by atoms with Crippen LogP contribution in [0.5, 0.6) is 0 Å². The zero-order chi connectivity index (χ0) is 10.7. The van der Waals surface area contributed by atoms with E-state index >= 15 is 0 Å². The first kappa shape index (κ1) is 11.5. The van der Waals surface area contributed by atoms with Crippen molar-refractivity contribution in [2.75, 3.05) is 6.26 Å². The molecular formula is C8H7BrF2N2S. The van der Waals surface area contributed by atoms with E-state index in [1.54, 1.807) is 6.26 Å². The maximum atomic E-state index is 13.2. The lowest BCUT2D eigenvalue weighted by Crippen LogP contribution is -2.04. The number of thioether (sulfide) groups is 1. The van der Waals surface area contributed by atoms with Crippen LogP contribution in [0.3, 0.4) is 0 Å². The summed E-state index contributed by atoms with van der Waals surface area (Å²) in [5.41, 5.74) is 5.42. The van der Waals surface area contributed by atoms with Crippen LogP contribution in [0.25, 0.3) is 0 Å². The molecule has 76 valence electrons. The van der Waals surface area contributed by atoms with Crippen molar-refractivity contribution in [3.8, 4) is 0 Å². The van der Waals surface area contributed by atoms with Gasteiger partial charge in [-0.05, 0) is 28.3 Å². The van der Waals surface area contributed by atoms with E-state index in [1.807, 2.05) is 0 Å². The second-order valence-electron chi connectivity index (χ2n) is 2.37. The Morgan fingerprint density at radius 2 is 2.14 bits per heavy atom. The molecule has 2 N–H and O–H groups in total. The minimum absolute atomic E-state index is 0.0123. The predicted molar refractivity (Wildman–Crippen MR) is 58.9 cm³/mol. The second-order valence-corrected chi connectivity index (χ2v) is 4.05. The molecule has 0 saturated heterocycles. The quantitative estimate of drug-likeness (QED) is 0.634. The van der Waals surface area contributed by atoms with Gasteiger partial charge in [0.2, 0.25) is 0 Å². The van der Waals surface area contributed by atoms with Crippen molar-refractivity contribution in [1.82, 2.24) is 0 Å². The molecule has 0 aliphatic rings. The SMILES string of the molecule is CSC(N)=Nc1c(F)cc(F)cc1Br. The molecule has 6 heteroatoms. The summed E-state index contributed by atoms with van der Waals surface area (Å²) in [7, 11) is 0. The fourth-order valence-corrected chi connectivity index (χ4v) is 1.48. The van der Waals surface area contributed by atoms with Crippen molar-refractivity contribution in [3.63, 3.8) is 0 Å². The van der Waals surface area contributed by atoms with Gasteiger partial charge in [-0.3, -0.25) is 0 Å². The van der Waals surface area contributed by atoms with Gasteiger partial charge in [-0.1, -0.05) is 11.8 Å². The van der Waals surface area contributed by atoms with Crippen molar-refractivity contribution in [3.05, 3.63) is 28.2 Å². The molecule has 0 aromatic heterocycles. The van der Waals surface area contributed by atoms with Crippen LogP contribution in [0.15, 0.2) is 21.6 Å². The Labute approximate surface area is 92.7 Å². The molecule has 0 saturated carbocycles. The van der Waals surface area contributed by atoms with Crippen molar-refractivity contribution in [2.24, 2.45) is 10.7 Å². The molecule has 0 amide bonds. The first-order valence-corrected chi connectivity index (χ1v) is 5.59. The molecule has 1 aromatic carbocycles. The molecule has 0 spiro atoms. The van der Waals surface area contributed by atoms with Gasteiger partial charge in [-0.2, -0.15) is 0 Å². The number of hydrogen-bond donors (Lipinski definition) is 1. The predicted octanol–water partition coefficient (Wildman–Crippen LogP) is 3.04. The number of benzene rings is 1. The molecule has 0 aliphatic heterocycles. The van der Waals surface area contributed by atoms with E-state index in [0.717, 1.165) is 12.1 Å². The van der Waals surface area contributed by atoms with Gasteiger partial charge in [0.05, 0.1) is 0 Å². The highest BCUT2D eigenvalue weighted by molar-refractivity contribution is 9.10. The Balaban J connectivity index is 3.21. The molecule has 0 aliphatic carbocycles. The standard InChI is InChI=1S/C8H7BrF2N2S/c1-14-8(12)13-7-5(9)2-4(10)3-6(7)11/h2-3H,1H3,(H2,12,13). The summed E-state index contributed by atoms with van der Waals surface area (Å²) in [4.78, 5) is 3.79. The zero-order valence-electron chi connectivity index (χ0n) is 7.22. The van der Waals surface area contributed by atoms with Crippen LogP contribution >= 0.6 is 27.7 Å². The van der Waals surface area contributed by atoms with Crippen LogP contribution in [0.1, 0.15) is 0 Å². The summed E-state index contributed by atoms with van der Waals surface area (Å²) in [5, 5.41) is 0.219. The summed E-state index contributed by atoms with van der Waals surface area (Å²) in [5.74, 6) is -1.40. The van der Waals surface area contributed by atoms with Crippen molar-refractivity contribution >= 4 is 38.5 Å². The average molecular weight is 281 g/mol. The van der Waals surface area contributed by atoms with Gasteiger partial charge in [0.1, 0.15) is 11.5 Å². The van der Waals surface area contributed by atoms with Crippen LogP contribution < -0.4 is 5.73 Å². The van der Waals surface area contributed by atoms with Gasteiger partial charge in [0.25, 0.3) is 0 Å². The molecule has 0 unspecified atom stereocenters. The maximum absolute atomic E-state index is 13.2. The van der Waals surface area contributed by atoms with Crippen molar-refractivity contribution in [1.29, 1.82) is 0 Å². The largest absolute Gasteiger partial charge is 0.378 e. The summed E-state index contributed by atoms with van der Waals surface area (Å²) >= 11 is 4.19. The number of amidine groups is 1. The molecule has 14 heavy (non-hydrogen) atoms. The summed E-state index contributed by atoms with van der Waals surface area (Å²) in [6.45, 7) is 0. The van der Waals surface area contributed by atoms with Crippen LogP contribution in [-0.4, -0.2) is 11.4 Å². The highest BCUT2D eigenvalue weighted by Crippen LogP contribution is 2.29. The van der Waals surface area contributed by atoms with Gasteiger partial charge in [0, 0.05) is 10.5 Å². The fourth-order valence-electron chi connectivity index (χ4n) is 0.797. The minimum atomic E-state index is -0.742.